The molecule has 1 N–H and O–H groups in total. The van der Waals surface area contributed by atoms with Gasteiger partial charge in [-0.1, -0.05) is 13.0 Å². The molecule has 25 heavy (non-hydrogen) atoms. The van der Waals surface area contributed by atoms with Crippen molar-refractivity contribution in [3.63, 3.8) is 0 Å². The molecular formula is C20H26N4O. The zero-order valence-electron chi connectivity index (χ0n) is 15.4. The number of aromatic nitrogens is 2. The Balaban J connectivity index is 1.75. The maximum atomic E-state index is 12.8. The number of carbonyl (C=O) groups excluding carboxylic acids is 1. The molecule has 0 spiro atoms. The molecule has 3 rings (SSSR count). The van der Waals surface area contributed by atoms with Crippen LogP contribution >= 0.6 is 0 Å². The van der Waals surface area contributed by atoms with E-state index in [-0.39, 0.29) is 5.91 Å². The van der Waals surface area contributed by atoms with Gasteiger partial charge < -0.3 is 10.2 Å². The fourth-order valence-corrected chi connectivity index (χ4v) is 3.14. The van der Waals surface area contributed by atoms with Crippen LogP contribution in [0.15, 0.2) is 36.7 Å². The molecule has 0 radical (unpaired) electrons. The average Bonchev–Trinajstić information content (AvgIpc) is 3.01. The second-order valence-corrected chi connectivity index (χ2v) is 7.51. The fraction of sp³-hybridized carbons (Fsp3) is 0.450. The molecule has 1 amide bonds. The minimum atomic E-state index is -0.497. The summed E-state index contributed by atoms with van der Waals surface area (Å²) >= 11 is 0. The molecule has 132 valence electrons. The van der Waals surface area contributed by atoms with Gasteiger partial charge in [0.05, 0.1) is 5.54 Å². The summed E-state index contributed by atoms with van der Waals surface area (Å²) in [7, 11) is 0. The van der Waals surface area contributed by atoms with Crippen molar-refractivity contribution >= 4 is 11.7 Å². The highest BCUT2D eigenvalue weighted by Crippen LogP contribution is 2.23. The Hall–Kier alpha value is -2.43. The van der Waals surface area contributed by atoms with Crippen LogP contribution in [-0.2, 0) is 5.54 Å². The largest absolute Gasteiger partial charge is 0.356 e. The second-order valence-electron chi connectivity index (χ2n) is 7.51. The first-order valence-corrected chi connectivity index (χ1v) is 8.82. The van der Waals surface area contributed by atoms with Gasteiger partial charge in [-0.2, -0.15) is 0 Å². The molecular weight excluding hydrogens is 312 g/mol. The maximum Gasteiger partial charge on any atom is 0.252 e. The minimum Gasteiger partial charge on any atom is -0.356 e. The molecule has 3 heterocycles. The first-order valence-electron chi connectivity index (χ1n) is 8.82. The molecule has 1 saturated heterocycles. The summed E-state index contributed by atoms with van der Waals surface area (Å²) in [5.74, 6) is 1.46. The van der Waals surface area contributed by atoms with Gasteiger partial charge in [0.25, 0.3) is 5.91 Å². The third-order valence-corrected chi connectivity index (χ3v) is 4.81. The molecule has 0 aromatic carbocycles. The van der Waals surface area contributed by atoms with E-state index in [0.717, 1.165) is 30.2 Å². The van der Waals surface area contributed by atoms with Gasteiger partial charge in [-0.25, -0.2) is 4.98 Å². The lowest BCUT2D eigenvalue weighted by atomic mass is 9.95. The van der Waals surface area contributed by atoms with Crippen molar-refractivity contribution in [2.75, 3.05) is 18.0 Å². The summed E-state index contributed by atoms with van der Waals surface area (Å²) in [6, 6.07) is 7.62. The number of anilines is 1. The van der Waals surface area contributed by atoms with E-state index in [4.69, 9.17) is 0 Å². The van der Waals surface area contributed by atoms with Gasteiger partial charge in [0.2, 0.25) is 0 Å². The smallest absolute Gasteiger partial charge is 0.252 e. The summed E-state index contributed by atoms with van der Waals surface area (Å²) in [5, 5.41) is 3.11. The van der Waals surface area contributed by atoms with Crippen molar-refractivity contribution in [3.05, 3.63) is 53.5 Å². The highest BCUT2D eigenvalue weighted by atomic mass is 16.1. The Bertz CT molecular complexity index is 755. The summed E-state index contributed by atoms with van der Waals surface area (Å²) in [4.78, 5) is 23.8. The van der Waals surface area contributed by atoms with Crippen molar-refractivity contribution in [3.8, 4) is 0 Å². The number of amides is 1. The Morgan fingerprint density at radius 3 is 2.72 bits per heavy atom. The third kappa shape index (κ3) is 3.98. The van der Waals surface area contributed by atoms with E-state index in [0.29, 0.717) is 11.5 Å². The van der Waals surface area contributed by atoms with E-state index in [1.165, 1.54) is 6.42 Å². The van der Waals surface area contributed by atoms with E-state index in [1.807, 2.05) is 45.2 Å². The third-order valence-electron chi connectivity index (χ3n) is 4.81. The molecule has 5 heteroatoms. The van der Waals surface area contributed by atoms with E-state index in [2.05, 4.69) is 27.1 Å². The van der Waals surface area contributed by atoms with E-state index in [1.54, 1.807) is 12.3 Å². The van der Waals surface area contributed by atoms with Gasteiger partial charge in [0.1, 0.15) is 5.82 Å². The average molecular weight is 338 g/mol. The Morgan fingerprint density at radius 2 is 2.08 bits per heavy atom. The number of carbonyl (C=O) groups is 1. The normalized spacial score (nSPS) is 17.6. The van der Waals surface area contributed by atoms with Crippen LogP contribution in [0.4, 0.5) is 5.82 Å². The maximum absolute atomic E-state index is 12.8. The van der Waals surface area contributed by atoms with Gasteiger partial charge in [0.15, 0.2) is 0 Å². The van der Waals surface area contributed by atoms with Crippen LogP contribution in [0.25, 0.3) is 0 Å². The minimum absolute atomic E-state index is 0.0959. The van der Waals surface area contributed by atoms with Crippen molar-refractivity contribution in [1.82, 2.24) is 15.3 Å². The van der Waals surface area contributed by atoms with Gasteiger partial charge in [-0.3, -0.25) is 9.78 Å². The van der Waals surface area contributed by atoms with Crippen LogP contribution in [0.5, 0.6) is 0 Å². The monoisotopic (exact) mass is 338 g/mol. The molecule has 5 nitrogen and oxygen atoms in total. The number of nitrogens with one attached hydrogen (secondary N) is 1. The molecule has 1 aliphatic heterocycles. The number of rotatable bonds is 4. The zero-order chi connectivity index (χ0) is 18.0. The van der Waals surface area contributed by atoms with Crippen molar-refractivity contribution in [2.45, 2.75) is 39.7 Å². The highest BCUT2D eigenvalue weighted by molar-refractivity contribution is 5.95. The van der Waals surface area contributed by atoms with Crippen LogP contribution in [0.3, 0.4) is 0 Å². The summed E-state index contributed by atoms with van der Waals surface area (Å²) in [6.45, 7) is 10.2. The number of hydrogen-bond donors (Lipinski definition) is 1. The Kier molecular flexibility index (Phi) is 4.75. The van der Waals surface area contributed by atoms with Gasteiger partial charge in [-0.15, -0.1) is 0 Å². The number of nitrogens with zero attached hydrogens (tertiary/aromatic N) is 3. The van der Waals surface area contributed by atoms with E-state index < -0.39 is 5.54 Å². The molecule has 1 atom stereocenters. The molecule has 0 aliphatic carbocycles. The lowest BCUT2D eigenvalue weighted by Gasteiger charge is -2.27. The molecule has 1 fully saturated rings. The van der Waals surface area contributed by atoms with E-state index >= 15 is 0 Å². The predicted molar refractivity (Wildman–Crippen MR) is 99.7 cm³/mol. The van der Waals surface area contributed by atoms with Crippen LogP contribution in [0, 0.1) is 12.8 Å². The van der Waals surface area contributed by atoms with Crippen LogP contribution < -0.4 is 10.2 Å². The lowest BCUT2D eigenvalue weighted by molar-refractivity contribution is 0.0912. The van der Waals surface area contributed by atoms with Gasteiger partial charge >= 0.3 is 0 Å². The zero-order valence-corrected chi connectivity index (χ0v) is 15.4. The van der Waals surface area contributed by atoms with Crippen molar-refractivity contribution < 1.29 is 4.79 Å². The SMILES string of the molecule is Cc1ccc(C(C)(C)NC(=O)c2ccnc(N3CCC(C)C3)c2)cn1. The number of hydrogen-bond acceptors (Lipinski definition) is 4. The molecule has 2 aromatic rings. The number of aryl methyl sites for hydroxylation is 1. The van der Waals surface area contributed by atoms with E-state index in [9.17, 15) is 4.79 Å². The molecule has 1 unspecified atom stereocenters. The number of pyridine rings is 2. The molecule has 1 aliphatic rings. The standard InChI is InChI=1S/C20H26N4O/c1-14-8-10-24(13-14)18-11-16(7-9-21-18)19(25)23-20(3,4)17-6-5-15(2)22-12-17/h5-7,9,11-12,14H,8,10,13H2,1-4H3,(H,23,25). The first-order chi connectivity index (χ1) is 11.8. The summed E-state index contributed by atoms with van der Waals surface area (Å²) < 4.78 is 0. The predicted octanol–water partition coefficient (Wildman–Crippen LogP) is 3.30. The van der Waals surface area contributed by atoms with Crippen LogP contribution in [-0.4, -0.2) is 29.0 Å². The van der Waals surface area contributed by atoms with Gasteiger partial charge in [0, 0.05) is 36.7 Å². The van der Waals surface area contributed by atoms with Crippen LogP contribution in [0.1, 0.15) is 48.8 Å². The fourth-order valence-electron chi connectivity index (χ4n) is 3.14. The van der Waals surface area contributed by atoms with Gasteiger partial charge in [-0.05, 0) is 56.9 Å². The summed E-state index contributed by atoms with van der Waals surface area (Å²) in [5.41, 5.74) is 2.08. The lowest BCUT2D eigenvalue weighted by Crippen LogP contribution is -2.41. The molecule has 2 aromatic heterocycles. The van der Waals surface area contributed by atoms with Crippen molar-refractivity contribution in [2.24, 2.45) is 5.92 Å². The topological polar surface area (TPSA) is 58.1 Å². The van der Waals surface area contributed by atoms with Crippen molar-refractivity contribution in [1.29, 1.82) is 0 Å². The second kappa shape index (κ2) is 6.82. The van der Waals surface area contributed by atoms with Crippen LogP contribution in [0.2, 0.25) is 0 Å². The Labute approximate surface area is 149 Å². The Morgan fingerprint density at radius 1 is 1.28 bits per heavy atom. The quantitative estimate of drug-likeness (QED) is 0.929. The summed E-state index contributed by atoms with van der Waals surface area (Å²) in [6.07, 6.45) is 4.71. The first kappa shape index (κ1) is 17.4. The molecule has 0 saturated carbocycles. The highest BCUT2D eigenvalue weighted by Gasteiger charge is 2.25. The molecule has 0 bridgehead atoms.